The molecule has 0 atom stereocenters. The molecule has 22 heteroatoms. The molecule has 35 heavy (non-hydrogen) atoms. The molecule has 0 aliphatic heterocycles. The predicted molar refractivity (Wildman–Crippen MR) is 66.8 cm³/mol. The van der Waals surface area contributed by atoms with Crippen LogP contribution in [0, 0.1) is 0 Å². The van der Waals surface area contributed by atoms with Gasteiger partial charge in [0.15, 0.2) is 6.61 Å². The Morgan fingerprint density at radius 1 is 0.514 bits per heavy atom. The topological polar surface area (TPSA) is 26.3 Å². The predicted octanol–water partition coefficient (Wildman–Crippen LogP) is 6.66. The second-order valence-electron chi connectivity index (χ2n) is 6.20. The number of esters is 1. The molecule has 0 aromatic heterocycles. The zero-order valence-corrected chi connectivity index (χ0v) is 15.3. The van der Waals surface area contributed by atoms with E-state index in [9.17, 15) is 92.6 Å². The van der Waals surface area contributed by atoms with Crippen LogP contribution >= 0.6 is 0 Å². The van der Waals surface area contributed by atoms with Crippen LogP contribution in [0.2, 0.25) is 0 Å². The highest BCUT2D eigenvalue weighted by Crippen LogP contribution is 2.65. The molecule has 0 aromatic carbocycles. The quantitative estimate of drug-likeness (QED) is 0.167. The molecule has 0 aliphatic rings. The number of carbonyl (C=O) groups excluding carboxylic acids is 1. The molecule has 0 bridgehead atoms. The fourth-order valence-corrected chi connectivity index (χ4v) is 1.72. The zero-order chi connectivity index (χ0) is 29.1. The van der Waals surface area contributed by atoms with E-state index in [-0.39, 0.29) is 0 Å². The third-order valence-corrected chi connectivity index (χ3v) is 3.79. The highest BCUT2D eigenvalue weighted by molar-refractivity contribution is 5.85. The fourth-order valence-electron chi connectivity index (χ4n) is 1.72. The first-order chi connectivity index (χ1) is 14.8. The van der Waals surface area contributed by atoms with E-state index in [2.05, 4.69) is 4.74 Å². The summed E-state index contributed by atoms with van der Waals surface area (Å²) < 4.78 is 262. The average molecular weight is 572 g/mol. The molecule has 0 aliphatic carbocycles. The summed E-state index contributed by atoms with van der Waals surface area (Å²) in [5.41, 5.74) is 0. The summed E-state index contributed by atoms with van der Waals surface area (Å²) in [5, 5.41) is 0. The van der Waals surface area contributed by atoms with Gasteiger partial charge in [-0.25, -0.2) is 4.79 Å². The molecule has 208 valence electrons. The molecule has 0 saturated heterocycles. The molecule has 0 fully saturated rings. The lowest BCUT2D eigenvalue weighted by Gasteiger charge is -2.43. The molecule has 0 spiro atoms. The van der Waals surface area contributed by atoms with Crippen LogP contribution in [-0.4, -0.2) is 66.1 Å². The highest BCUT2D eigenvalue weighted by Gasteiger charge is 2.96. The van der Waals surface area contributed by atoms with Crippen LogP contribution in [0.1, 0.15) is 0 Å². The molecule has 0 saturated carbocycles. The fraction of sp³-hybridized carbons (Fsp3) is 0.769. The Morgan fingerprint density at radius 3 is 1.03 bits per heavy atom. The maximum Gasteiger partial charge on any atom is 0.460 e. The van der Waals surface area contributed by atoms with Gasteiger partial charge in [-0.2, -0.15) is 87.8 Å². The molecule has 0 heterocycles. The van der Waals surface area contributed by atoms with Gasteiger partial charge in [-0.1, -0.05) is 6.58 Å². The second-order valence-corrected chi connectivity index (χ2v) is 6.20. The van der Waals surface area contributed by atoms with Crippen molar-refractivity contribution in [2.75, 3.05) is 6.61 Å². The van der Waals surface area contributed by atoms with Gasteiger partial charge in [0.25, 0.3) is 0 Å². The van der Waals surface area contributed by atoms with Crippen LogP contribution in [0.5, 0.6) is 0 Å². The number of rotatable bonds is 10. The van der Waals surface area contributed by atoms with E-state index < -0.39 is 72.0 Å². The summed E-state index contributed by atoms with van der Waals surface area (Å²) in [7, 11) is 0. The minimum absolute atomic E-state index is 1.99. The molecule has 0 N–H and O–H groups in total. The summed E-state index contributed by atoms with van der Waals surface area (Å²) >= 11 is 0. The van der Waals surface area contributed by atoms with Crippen molar-refractivity contribution < 1.29 is 97.3 Å². The van der Waals surface area contributed by atoms with E-state index in [1.54, 1.807) is 0 Å². The van der Waals surface area contributed by atoms with Crippen molar-refractivity contribution in [3.05, 3.63) is 12.4 Å². The zero-order valence-electron chi connectivity index (χ0n) is 15.3. The average Bonchev–Trinajstić information content (AvgIpc) is 2.63. The summed E-state index contributed by atoms with van der Waals surface area (Å²) in [5.74, 6) is -73.3. The van der Waals surface area contributed by atoms with E-state index in [4.69, 9.17) is 0 Å². The van der Waals surface area contributed by atoms with E-state index in [0.29, 0.717) is 0 Å². The van der Waals surface area contributed by atoms with Gasteiger partial charge in [-0.3, -0.25) is 0 Å². The number of halogens is 20. The van der Waals surface area contributed by atoms with E-state index in [1.165, 1.54) is 0 Å². The smallest absolute Gasteiger partial charge is 0.454 e. The van der Waals surface area contributed by atoms with Crippen molar-refractivity contribution in [1.29, 1.82) is 0 Å². The minimum Gasteiger partial charge on any atom is -0.454 e. The number of carbonyl (C=O) groups is 1. The summed E-state index contributed by atoms with van der Waals surface area (Å²) in [6.45, 7) is -1.62. The van der Waals surface area contributed by atoms with Gasteiger partial charge >= 0.3 is 59.5 Å². The van der Waals surface area contributed by atoms with Crippen molar-refractivity contribution in [2.45, 2.75) is 53.6 Å². The van der Waals surface area contributed by atoms with Gasteiger partial charge < -0.3 is 4.74 Å². The number of alkyl halides is 19. The van der Waals surface area contributed by atoms with E-state index in [0.717, 1.165) is 0 Å². The number of ether oxygens (including phenoxy) is 1. The van der Waals surface area contributed by atoms with Crippen molar-refractivity contribution in [3.63, 3.8) is 0 Å². The largest absolute Gasteiger partial charge is 0.460 e. The minimum atomic E-state index is -9.05. The van der Waals surface area contributed by atoms with Crippen molar-refractivity contribution in [1.82, 2.24) is 0 Å². The lowest BCUT2D eigenvalue weighted by Crippen LogP contribution is -2.76. The number of hydrogen-bond acceptors (Lipinski definition) is 2. The standard InChI is InChI=1S/C13H4F20O2/c1-3(14)4(34)35-2-5(15,16)6(17,18)7(19,20)8(21,22)9(23,24)10(25,26)11(27,28)12(29,30)13(31,32)33/h1-2H2. The highest BCUT2D eigenvalue weighted by atomic mass is 19.4. The van der Waals surface area contributed by atoms with Gasteiger partial charge in [0, 0.05) is 0 Å². The van der Waals surface area contributed by atoms with Gasteiger partial charge in [0.05, 0.1) is 0 Å². The molecule has 0 aromatic rings. The van der Waals surface area contributed by atoms with Gasteiger partial charge in [-0.05, 0) is 0 Å². The van der Waals surface area contributed by atoms with Crippen LogP contribution in [0.15, 0.2) is 12.4 Å². The second kappa shape index (κ2) is 8.44. The first-order valence-electron chi connectivity index (χ1n) is 7.43. The van der Waals surface area contributed by atoms with Gasteiger partial charge in [-0.15, -0.1) is 0 Å². The first-order valence-corrected chi connectivity index (χ1v) is 7.43. The molecule has 0 rings (SSSR count). The van der Waals surface area contributed by atoms with Crippen molar-refractivity contribution in [3.8, 4) is 0 Å². The van der Waals surface area contributed by atoms with Crippen LogP contribution in [0.3, 0.4) is 0 Å². The Kier molecular flexibility index (Phi) is 7.91. The third kappa shape index (κ3) is 4.44. The first kappa shape index (κ1) is 32.8. The van der Waals surface area contributed by atoms with E-state index in [1.807, 2.05) is 6.58 Å². The molecule has 0 amide bonds. The normalized spacial score (nSPS) is 15.8. The Labute approximate surface area is 177 Å². The van der Waals surface area contributed by atoms with Crippen LogP contribution in [-0.2, 0) is 9.53 Å². The molecular weight excluding hydrogens is 568 g/mol. The molecule has 0 unspecified atom stereocenters. The third-order valence-electron chi connectivity index (χ3n) is 3.79. The maximum atomic E-state index is 13.4. The summed E-state index contributed by atoms with van der Waals surface area (Å²) in [6.07, 6.45) is -7.96. The van der Waals surface area contributed by atoms with Crippen LogP contribution < -0.4 is 0 Å². The maximum absolute atomic E-state index is 13.4. The van der Waals surface area contributed by atoms with Crippen LogP contribution in [0.4, 0.5) is 87.8 Å². The van der Waals surface area contributed by atoms with Crippen molar-refractivity contribution in [2.24, 2.45) is 0 Å². The Bertz CT molecular complexity index is 821. The Morgan fingerprint density at radius 2 is 0.771 bits per heavy atom. The Hall–Kier alpha value is -2.19. The van der Waals surface area contributed by atoms with Crippen LogP contribution in [0.25, 0.3) is 0 Å². The van der Waals surface area contributed by atoms with Gasteiger partial charge in [0.1, 0.15) is 0 Å². The Balaban J connectivity index is 6.74. The van der Waals surface area contributed by atoms with Crippen molar-refractivity contribution >= 4 is 5.97 Å². The lowest BCUT2D eigenvalue weighted by molar-refractivity contribution is -0.469. The number of hydrogen-bond donors (Lipinski definition) is 0. The lowest BCUT2D eigenvalue weighted by atomic mass is 9.87. The SMILES string of the molecule is C=C(F)C(=O)OCC(F)(F)C(F)(F)C(F)(F)C(F)(F)C(F)(F)C(F)(F)C(F)(F)C(F)(F)C(F)(F)F. The van der Waals surface area contributed by atoms with Gasteiger partial charge in [0.2, 0.25) is 5.83 Å². The summed E-state index contributed by atoms with van der Waals surface area (Å²) in [4.78, 5) is 10.5. The van der Waals surface area contributed by atoms with E-state index >= 15 is 0 Å². The molecule has 2 nitrogen and oxygen atoms in total. The summed E-state index contributed by atoms with van der Waals surface area (Å²) in [6, 6.07) is 0. The monoisotopic (exact) mass is 572 g/mol. The molecular formula is C13H4F20O2. The molecule has 0 radical (unpaired) electrons.